The monoisotopic (exact) mass is 516 g/mol. The number of hydrogen-bond acceptors (Lipinski definition) is 10. The molecule has 0 aliphatic carbocycles. The van der Waals surface area contributed by atoms with E-state index in [0.717, 1.165) is 42.9 Å². The maximum atomic E-state index is 11.9. The van der Waals surface area contributed by atoms with Crippen LogP contribution in [-0.2, 0) is 22.6 Å². The molecule has 1 aliphatic heterocycles. The van der Waals surface area contributed by atoms with Crippen LogP contribution in [0, 0.1) is 11.3 Å². The maximum absolute atomic E-state index is 11.9. The van der Waals surface area contributed by atoms with E-state index in [-0.39, 0.29) is 24.3 Å². The largest absolute Gasteiger partial charge is 0.480 e. The molecule has 4 rings (SSSR count). The number of nitriles is 1. The van der Waals surface area contributed by atoms with E-state index in [2.05, 4.69) is 30.5 Å². The van der Waals surface area contributed by atoms with Gasteiger partial charge in [0.05, 0.1) is 18.7 Å². The Morgan fingerprint density at radius 1 is 1.11 bits per heavy atom. The molecule has 1 amide bonds. The number of carboxylic acid groups (broad SMARTS) is 1. The molecule has 0 saturated carbocycles. The van der Waals surface area contributed by atoms with Crippen LogP contribution in [0.3, 0.4) is 0 Å². The molecule has 3 aromatic rings. The number of hydrogen-bond donors (Lipinski definition) is 3. The Morgan fingerprint density at radius 2 is 1.84 bits per heavy atom. The van der Waals surface area contributed by atoms with Crippen molar-refractivity contribution in [3.63, 3.8) is 0 Å². The first-order valence-electron chi connectivity index (χ1n) is 12.0. The predicted octanol–water partition coefficient (Wildman–Crippen LogP) is 1.88. The minimum atomic E-state index is -1.08. The number of nitrogens with one attached hydrogen (secondary N) is 2. The first-order valence-corrected chi connectivity index (χ1v) is 12.0. The molecular formula is C26H28N8O4. The number of piperazine rings is 1. The molecule has 0 bridgehead atoms. The van der Waals surface area contributed by atoms with Crippen molar-refractivity contribution in [1.82, 2.24) is 24.8 Å². The van der Waals surface area contributed by atoms with E-state index in [1.165, 1.54) is 7.11 Å². The molecular weight excluding hydrogens is 488 g/mol. The molecule has 0 spiro atoms. The van der Waals surface area contributed by atoms with Crippen molar-refractivity contribution in [2.75, 3.05) is 43.9 Å². The normalized spacial score (nSPS) is 14.3. The maximum Gasteiger partial charge on any atom is 0.326 e. The van der Waals surface area contributed by atoms with Crippen LogP contribution < -0.4 is 15.4 Å². The number of carbonyl (C=O) groups excluding carboxylic acids is 1. The lowest BCUT2D eigenvalue weighted by Crippen LogP contribution is -2.45. The standard InChI is InChI=1S/C26H28N8O4/c1-38-26-31-24(28-21-4-2-3-20(13-21)16-33-9-11-34(17-35)12-10-33)30-25(32-26)29-22(23(36)37)14-18-5-7-19(15-27)8-6-18/h2-8,13,17,22H,9-12,14,16H2,1H3,(H,36,37)(H2,28,29,30,31,32)/t22-/m0/s1. The summed E-state index contributed by atoms with van der Waals surface area (Å²) in [6, 6.07) is 15.6. The van der Waals surface area contributed by atoms with Crippen molar-refractivity contribution in [2.24, 2.45) is 0 Å². The molecule has 3 N–H and O–H groups in total. The molecule has 38 heavy (non-hydrogen) atoms. The zero-order valence-corrected chi connectivity index (χ0v) is 20.9. The number of methoxy groups -OCH3 is 1. The second-order valence-corrected chi connectivity index (χ2v) is 8.76. The minimum absolute atomic E-state index is 0.0247. The van der Waals surface area contributed by atoms with Gasteiger partial charge in [-0.2, -0.15) is 20.2 Å². The Kier molecular flexibility index (Phi) is 8.63. The molecule has 1 atom stereocenters. The minimum Gasteiger partial charge on any atom is -0.480 e. The van der Waals surface area contributed by atoms with E-state index >= 15 is 0 Å². The Bertz CT molecular complexity index is 1300. The summed E-state index contributed by atoms with van der Waals surface area (Å²) in [6.07, 6.45) is 1.04. The molecule has 0 unspecified atom stereocenters. The summed E-state index contributed by atoms with van der Waals surface area (Å²) in [7, 11) is 1.42. The van der Waals surface area contributed by atoms with Gasteiger partial charge in [0.2, 0.25) is 18.3 Å². The van der Waals surface area contributed by atoms with Gasteiger partial charge in [0.1, 0.15) is 6.04 Å². The summed E-state index contributed by atoms with van der Waals surface area (Å²) >= 11 is 0. The van der Waals surface area contributed by atoms with Crippen molar-refractivity contribution >= 4 is 30.0 Å². The second kappa shape index (κ2) is 12.5. The fraction of sp³-hybridized carbons (Fsp3) is 0.308. The molecule has 12 nitrogen and oxygen atoms in total. The zero-order valence-electron chi connectivity index (χ0n) is 20.9. The van der Waals surface area contributed by atoms with Gasteiger partial charge in [-0.05, 0) is 35.4 Å². The average molecular weight is 517 g/mol. The summed E-state index contributed by atoms with van der Waals surface area (Å²) in [4.78, 5) is 39.7. The van der Waals surface area contributed by atoms with Crippen LogP contribution in [0.4, 0.5) is 17.6 Å². The third-order valence-electron chi connectivity index (χ3n) is 6.07. The lowest BCUT2D eigenvalue weighted by atomic mass is 10.0. The van der Waals surface area contributed by atoms with Gasteiger partial charge in [-0.15, -0.1) is 0 Å². The van der Waals surface area contributed by atoms with Gasteiger partial charge >= 0.3 is 12.0 Å². The highest BCUT2D eigenvalue weighted by Crippen LogP contribution is 2.20. The van der Waals surface area contributed by atoms with Gasteiger partial charge in [-0.3, -0.25) is 9.69 Å². The van der Waals surface area contributed by atoms with E-state index in [9.17, 15) is 14.7 Å². The number of anilines is 3. The van der Waals surface area contributed by atoms with Crippen LogP contribution in [0.1, 0.15) is 16.7 Å². The Morgan fingerprint density at radius 3 is 2.50 bits per heavy atom. The van der Waals surface area contributed by atoms with Gasteiger partial charge in [-0.25, -0.2) is 4.79 Å². The molecule has 196 valence electrons. The highest BCUT2D eigenvalue weighted by Gasteiger charge is 2.21. The first-order chi connectivity index (χ1) is 18.4. The number of aliphatic carboxylic acids is 1. The number of amides is 1. The van der Waals surface area contributed by atoms with Crippen LogP contribution in [0.5, 0.6) is 6.01 Å². The summed E-state index contributed by atoms with van der Waals surface area (Å²) in [6.45, 7) is 3.78. The molecule has 1 saturated heterocycles. The molecule has 2 aromatic carbocycles. The summed E-state index contributed by atoms with van der Waals surface area (Å²) < 4.78 is 5.21. The number of carbonyl (C=O) groups is 2. The fourth-order valence-corrected chi connectivity index (χ4v) is 4.04. The van der Waals surface area contributed by atoms with E-state index in [1.807, 2.05) is 30.3 Å². The van der Waals surface area contributed by atoms with Crippen LogP contribution >= 0.6 is 0 Å². The van der Waals surface area contributed by atoms with Crippen LogP contribution in [0.2, 0.25) is 0 Å². The number of nitrogens with zero attached hydrogens (tertiary/aromatic N) is 6. The number of carboxylic acids is 1. The number of ether oxygens (including phenoxy) is 1. The van der Waals surface area contributed by atoms with Crippen LogP contribution in [-0.4, -0.2) is 81.6 Å². The third kappa shape index (κ3) is 7.14. The summed E-state index contributed by atoms with van der Waals surface area (Å²) in [5, 5.41) is 24.7. The van der Waals surface area contributed by atoms with Gasteiger partial charge in [0, 0.05) is 44.8 Å². The zero-order chi connectivity index (χ0) is 26.9. The van der Waals surface area contributed by atoms with Crippen LogP contribution in [0.15, 0.2) is 48.5 Å². The van der Waals surface area contributed by atoms with Crippen molar-refractivity contribution in [2.45, 2.75) is 19.0 Å². The predicted molar refractivity (Wildman–Crippen MR) is 139 cm³/mol. The summed E-state index contributed by atoms with van der Waals surface area (Å²) in [5.41, 5.74) is 3.08. The first kappa shape index (κ1) is 26.3. The lowest BCUT2D eigenvalue weighted by molar-refractivity contribution is -0.137. The van der Waals surface area contributed by atoms with E-state index in [1.54, 1.807) is 29.2 Å². The summed E-state index contributed by atoms with van der Waals surface area (Å²) in [5.74, 6) is -0.840. The van der Waals surface area contributed by atoms with Gasteiger partial charge in [0.25, 0.3) is 0 Å². The lowest BCUT2D eigenvalue weighted by Gasteiger charge is -2.32. The number of rotatable bonds is 11. The quantitative estimate of drug-likeness (QED) is 0.320. The van der Waals surface area contributed by atoms with E-state index in [0.29, 0.717) is 18.7 Å². The Balaban J connectivity index is 1.45. The Labute approximate surface area is 219 Å². The Hall–Kier alpha value is -4.76. The van der Waals surface area contributed by atoms with Crippen molar-refractivity contribution in [1.29, 1.82) is 5.26 Å². The molecule has 1 aromatic heterocycles. The molecule has 12 heteroatoms. The number of benzene rings is 2. The molecule has 2 heterocycles. The van der Waals surface area contributed by atoms with E-state index < -0.39 is 12.0 Å². The molecule has 1 aliphatic rings. The number of aromatic nitrogens is 3. The third-order valence-corrected chi connectivity index (χ3v) is 6.07. The van der Waals surface area contributed by atoms with Crippen molar-refractivity contribution in [3.8, 4) is 12.1 Å². The van der Waals surface area contributed by atoms with Gasteiger partial charge in [-0.1, -0.05) is 24.3 Å². The SMILES string of the molecule is COc1nc(Nc2cccc(CN3CCN(C=O)CC3)c2)nc(N[C@@H](Cc2ccc(C#N)cc2)C(=O)O)n1. The average Bonchev–Trinajstić information content (AvgIpc) is 2.93. The van der Waals surface area contributed by atoms with Gasteiger partial charge < -0.3 is 25.4 Å². The van der Waals surface area contributed by atoms with Crippen molar-refractivity contribution in [3.05, 3.63) is 65.2 Å². The smallest absolute Gasteiger partial charge is 0.326 e. The molecule has 0 radical (unpaired) electrons. The second-order valence-electron chi connectivity index (χ2n) is 8.76. The fourth-order valence-electron chi connectivity index (χ4n) is 4.04. The van der Waals surface area contributed by atoms with Crippen LogP contribution in [0.25, 0.3) is 0 Å². The van der Waals surface area contributed by atoms with Crippen molar-refractivity contribution < 1.29 is 19.4 Å². The highest BCUT2D eigenvalue weighted by atomic mass is 16.5. The topological polar surface area (TPSA) is 157 Å². The van der Waals surface area contributed by atoms with E-state index in [4.69, 9.17) is 10.00 Å². The highest BCUT2D eigenvalue weighted by molar-refractivity contribution is 5.77. The van der Waals surface area contributed by atoms with Gasteiger partial charge in [0.15, 0.2) is 0 Å². The molecule has 1 fully saturated rings.